The molecule has 7 heteroatoms. The lowest BCUT2D eigenvalue weighted by Gasteiger charge is -2.21. The van der Waals surface area contributed by atoms with Crippen molar-refractivity contribution in [1.29, 1.82) is 0 Å². The van der Waals surface area contributed by atoms with E-state index in [2.05, 4.69) is 10.7 Å². The van der Waals surface area contributed by atoms with Crippen molar-refractivity contribution in [3.8, 4) is 0 Å². The van der Waals surface area contributed by atoms with Gasteiger partial charge in [0.15, 0.2) is 0 Å². The Morgan fingerprint density at radius 1 is 1.05 bits per heavy atom. The molecule has 0 aromatic heterocycles. The summed E-state index contributed by atoms with van der Waals surface area (Å²) in [7, 11) is 1.54. The maximum Gasteiger partial charge on any atom is 0.238 e. The fraction of sp³-hybridized carbons (Fsp3) is 0.846. The van der Waals surface area contributed by atoms with Crippen LogP contribution in [-0.4, -0.2) is 36.1 Å². The maximum atomic E-state index is 12.0. The van der Waals surface area contributed by atoms with E-state index in [0.29, 0.717) is 6.42 Å². The first-order valence-electron chi connectivity index (χ1n) is 6.98. The molecule has 0 aromatic rings. The highest BCUT2D eigenvalue weighted by Gasteiger charge is 2.22. The minimum Gasteiger partial charge on any atom is -0.353 e. The van der Waals surface area contributed by atoms with E-state index in [-0.39, 0.29) is 35.7 Å². The van der Waals surface area contributed by atoms with E-state index in [4.69, 9.17) is 11.6 Å². The van der Waals surface area contributed by atoms with E-state index in [1.54, 1.807) is 6.92 Å². The molecule has 0 rings (SSSR count). The van der Waals surface area contributed by atoms with E-state index in [1.165, 1.54) is 7.05 Å². The molecule has 0 saturated carbocycles. The summed E-state index contributed by atoms with van der Waals surface area (Å²) in [5.74, 6) is 4.56. The average molecular weight is 287 g/mol. The number of carbonyl (C=O) groups excluding carboxylic acids is 2. The number of nitrogens with zero attached hydrogens (tertiary/aromatic N) is 1. The summed E-state index contributed by atoms with van der Waals surface area (Å²) >= 11 is 0. The molecule has 0 fully saturated rings. The van der Waals surface area contributed by atoms with Crippen LogP contribution in [0.2, 0.25) is 0 Å². The molecule has 0 bridgehead atoms. The van der Waals surface area contributed by atoms with Crippen LogP contribution in [0.5, 0.6) is 0 Å². The average Bonchev–Trinajstić information content (AvgIpc) is 2.26. The van der Waals surface area contributed by atoms with E-state index in [9.17, 15) is 9.59 Å². The van der Waals surface area contributed by atoms with Crippen LogP contribution in [-0.2, 0) is 9.59 Å². The van der Waals surface area contributed by atoms with Crippen molar-refractivity contribution in [3.05, 3.63) is 0 Å². The number of nitrogens with one attached hydrogen (secondary N) is 2. The largest absolute Gasteiger partial charge is 0.353 e. The molecule has 0 aliphatic carbocycles. The van der Waals surface area contributed by atoms with Crippen LogP contribution >= 0.6 is 0 Å². The summed E-state index contributed by atoms with van der Waals surface area (Å²) in [5, 5.41) is 4.02. The highest BCUT2D eigenvalue weighted by molar-refractivity contribution is 5.81. The predicted octanol–water partition coefficient (Wildman–Crippen LogP) is -0.273. The fourth-order valence-electron chi connectivity index (χ4n) is 2.03. The Bertz CT molecular complexity index is 320. The van der Waals surface area contributed by atoms with Crippen molar-refractivity contribution in [3.63, 3.8) is 0 Å². The molecule has 0 aliphatic rings. The summed E-state index contributed by atoms with van der Waals surface area (Å²) in [6.45, 7) is 7.41. The van der Waals surface area contributed by atoms with Crippen LogP contribution in [0, 0.1) is 11.8 Å². The van der Waals surface area contributed by atoms with Gasteiger partial charge in [0.25, 0.3) is 0 Å². The molecule has 4 atom stereocenters. The monoisotopic (exact) mass is 287 g/mol. The van der Waals surface area contributed by atoms with Gasteiger partial charge in [-0.2, -0.15) is 5.12 Å². The van der Waals surface area contributed by atoms with Crippen LogP contribution in [0.4, 0.5) is 0 Å². The quantitative estimate of drug-likeness (QED) is 0.362. The second kappa shape index (κ2) is 8.89. The van der Waals surface area contributed by atoms with E-state index < -0.39 is 0 Å². The Morgan fingerprint density at radius 2 is 1.55 bits per heavy atom. The second-order valence-corrected chi connectivity index (χ2v) is 5.75. The van der Waals surface area contributed by atoms with Gasteiger partial charge in [0, 0.05) is 31.0 Å². The van der Waals surface area contributed by atoms with Crippen molar-refractivity contribution in [2.75, 3.05) is 7.05 Å². The van der Waals surface area contributed by atoms with Gasteiger partial charge in [-0.25, -0.2) is 0 Å². The van der Waals surface area contributed by atoms with Crippen LogP contribution < -0.4 is 22.3 Å². The van der Waals surface area contributed by atoms with Gasteiger partial charge in [-0.1, -0.05) is 13.8 Å². The lowest BCUT2D eigenvalue weighted by atomic mass is 9.95. The third-order valence-corrected chi connectivity index (χ3v) is 3.00. The summed E-state index contributed by atoms with van der Waals surface area (Å²) in [6.07, 6.45) is 1.20. The van der Waals surface area contributed by atoms with E-state index >= 15 is 0 Å². The van der Waals surface area contributed by atoms with E-state index in [0.717, 1.165) is 11.5 Å². The zero-order valence-electron chi connectivity index (χ0n) is 13.1. The molecule has 0 aliphatic heterocycles. The first-order valence-corrected chi connectivity index (χ1v) is 6.98. The molecule has 0 heterocycles. The maximum absolute atomic E-state index is 12.0. The molecule has 2 amide bonds. The van der Waals surface area contributed by atoms with E-state index in [1.807, 2.05) is 20.8 Å². The topological polar surface area (TPSA) is 113 Å². The molecule has 0 aromatic carbocycles. The summed E-state index contributed by atoms with van der Waals surface area (Å²) in [6, 6.07) is 0.0784. The zero-order chi connectivity index (χ0) is 15.9. The van der Waals surface area contributed by atoms with Crippen LogP contribution in [0.1, 0.15) is 40.5 Å². The van der Waals surface area contributed by atoms with Gasteiger partial charge in [0.05, 0.1) is 0 Å². The van der Waals surface area contributed by atoms with Crippen LogP contribution in [0.25, 0.3) is 0 Å². The standard InChI is InChI=1S/C13H29N5O2/c1-8(6-9(2)13(20)17-18(5)15)12(19)16-11(4)7-10(3)14/h8-11H,6-7,14-15H2,1-5H3,(H,16,19)(H,17,20). The van der Waals surface area contributed by atoms with Crippen molar-refractivity contribution >= 4 is 11.8 Å². The van der Waals surface area contributed by atoms with Gasteiger partial charge < -0.3 is 11.1 Å². The summed E-state index contributed by atoms with van der Waals surface area (Å²) in [4.78, 5) is 23.7. The van der Waals surface area contributed by atoms with Gasteiger partial charge in [-0.05, 0) is 26.7 Å². The fourth-order valence-corrected chi connectivity index (χ4v) is 2.03. The SMILES string of the molecule is CC(N)CC(C)NC(=O)C(C)CC(C)C(=O)NN(C)N. The summed E-state index contributed by atoms with van der Waals surface area (Å²) < 4.78 is 0. The van der Waals surface area contributed by atoms with Gasteiger partial charge in [-0.15, -0.1) is 0 Å². The molecule has 0 spiro atoms. The Kier molecular flexibility index (Phi) is 8.36. The first kappa shape index (κ1) is 18.8. The second-order valence-electron chi connectivity index (χ2n) is 5.75. The molecular weight excluding hydrogens is 258 g/mol. The predicted molar refractivity (Wildman–Crippen MR) is 78.9 cm³/mol. The van der Waals surface area contributed by atoms with Gasteiger partial charge >= 0.3 is 0 Å². The van der Waals surface area contributed by atoms with Crippen molar-refractivity contribution < 1.29 is 9.59 Å². The molecule has 20 heavy (non-hydrogen) atoms. The normalized spacial score (nSPS) is 17.2. The third-order valence-electron chi connectivity index (χ3n) is 3.00. The number of hydrazine groups is 2. The minimum atomic E-state index is -0.287. The first-order chi connectivity index (χ1) is 9.13. The van der Waals surface area contributed by atoms with Gasteiger partial charge in [0.1, 0.15) is 0 Å². The molecule has 6 N–H and O–H groups in total. The van der Waals surface area contributed by atoms with Gasteiger partial charge in [-0.3, -0.25) is 20.9 Å². The molecular formula is C13H29N5O2. The Morgan fingerprint density at radius 3 is 2.00 bits per heavy atom. The number of hydrogen-bond donors (Lipinski definition) is 4. The van der Waals surface area contributed by atoms with Crippen LogP contribution in [0.3, 0.4) is 0 Å². The smallest absolute Gasteiger partial charge is 0.238 e. The number of nitrogens with two attached hydrogens (primary N) is 2. The molecule has 7 nitrogen and oxygen atoms in total. The highest BCUT2D eigenvalue weighted by atomic mass is 16.2. The summed E-state index contributed by atoms with van der Waals surface area (Å²) in [5.41, 5.74) is 8.17. The molecule has 0 radical (unpaired) electrons. The lowest BCUT2D eigenvalue weighted by molar-refractivity contribution is -0.130. The van der Waals surface area contributed by atoms with Gasteiger partial charge in [0.2, 0.25) is 11.8 Å². The molecule has 4 unspecified atom stereocenters. The third kappa shape index (κ3) is 8.08. The van der Waals surface area contributed by atoms with Crippen LogP contribution in [0.15, 0.2) is 0 Å². The highest BCUT2D eigenvalue weighted by Crippen LogP contribution is 2.12. The zero-order valence-corrected chi connectivity index (χ0v) is 13.1. The molecule has 0 saturated heterocycles. The van der Waals surface area contributed by atoms with Crippen molar-refractivity contribution in [2.45, 2.75) is 52.6 Å². The Hall–Kier alpha value is -1.18. The van der Waals surface area contributed by atoms with Crippen molar-refractivity contribution in [1.82, 2.24) is 15.9 Å². The minimum absolute atomic E-state index is 0.0317. The molecule has 118 valence electrons. The van der Waals surface area contributed by atoms with Crippen molar-refractivity contribution in [2.24, 2.45) is 23.4 Å². The lowest BCUT2D eigenvalue weighted by Crippen LogP contribution is -2.47. The number of carbonyl (C=O) groups is 2. The number of rotatable bonds is 8. The number of amides is 2. The Balaban J connectivity index is 4.21. The Labute approximate surface area is 121 Å². The number of hydrogen-bond acceptors (Lipinski definition) is 5.